The molecule has 0 saturated heterocycles. The highest BCUT2D eigenvalue weighted by atomic mass is 16.6. The smallest absolute Gasteiger partial charge is 0.311 e. The highest BCUT2D eigenvalue weighted by molar-refractivity contribution is 5.97. The number of aryl methyl sites for hydroxylation is 6. The number of fused-ring (bicyclic) bond motifs is 1. The minimum Gasteiger partial charge on any atom is -0.462 e. The summed E-state index contributed by atoms with van der Waals surface area (Å²) in [5, 5.41) is 13.4. The van der Waals surface area contributed by atoms with Gasteiger partial charge >= 0.3 is 17.9 Å². The van der Waals surface area contributed by atoms with Gasteiger partial charge in [-0.3, -0.25) is 14.4 Å². The zero-order chi connectivity index (χ0) is 48.5. The van der Waals surface area contributed by atoms with Crippen molar-refractivity contribution in [1.82, 2.24) is 0 Å². The van der Waals surface area contributed by atoms with Crippen molar-refractivity contribution in [3.8, 4) is 0 Å². The summed E-state index contributed by atoms with van der Waals surface area (Å²) in [6.07, 6.45) is 3.63. The van der Waals surface area contributed by atoms with Gasteiger partial charge in [0.1, 0.15) is 19.3 Å². The Labute approximate surface area is 403 Å². The molecular formula is C59H69N3O6. The highest BCUT2D eigenvalue weighted by Gasteiger charge is 2.30. The van der Waals surface area contributed by atoms with E-state index in [0.717, 1.165) is 64.9 Å². The van der Waals surface area contributed by atoms with E-state index in [1.165, 1.54) is 50.1 Å². The number of hydrogen-bond acceptors (Lipinski definition) is 9. The molecule has 0 aliphatic heterocycles. The van der Waals surface area contributed by atoms with Gasteiger partial charge in [-0.05, 0) is 156 Å². The number of carbonyl (C=O) groups is 3. The van der Waals surface area contributed by atoms with E-state index in [0.29, 0.717) is 6.42 Å². The molecule has 0 aromatic heterocycles. The Morgan fingerprint density at radius 3 is 1.66 bits per heavy atom. The summed E-state index contributed by atoms with van der Waals surface area (Å²) in [5.41, 5.74) is 15.6. The quantitative estimate of drug-likeness (QED) is 0.0335. The fourth-order valence-corrected chi connectivity index (χ4v) is 9.55. The number of anilines is 5. The molecule has 9 heteroatoms. The van der Waals surface area contributed by atoms with Crippen molar-refractivity contribution in [2.75, 3.05) is 29.2 Å². The Morgan fingerprint density at radius 1 is 0.618 bits per heavy atom. The average Bonchev–Trinajstić information content (AvgIpc) is 3.31. The summed E-state index contributed by atoms with van der Waals surface area (Å²) < 4.78 is 16.6. The monoisotopic (exact) mass is 916 g/mol. The number of nitrogens with one attached hydrogen (secondary N) is 3. The number of rotatable bonds is 18. The molecule has 7 rings (SSSR count). The van der Waals surface area contributed by atoms with Crippen molar-refractivity contribution in [1.29, 1.82) is 0 Å². The van der Waals surface area contributed by atoms with E-state index < -0.39 is 17.4 Å². The molecule has 9 nitrogen and oxygen atoms in total. The van der Waals surface area contributed by atoms with Crippen molar-refractivity contribution < 1.29 is 28.6 Å². The lowest BCUT2D eigenvalue weighted by Gasteiger charge is -2.33. The number of ether oxygens (including phenoxy) is 3. The van der Waals surface area contributed by atoms with Crippen LogP contribution in [0, 0.1) is 47.0 Å². The summed E-state index contributed by atoms with van der Waals surface area (Å²) in [6.45, 7) is 18.3. The van der Waals surface area contributed by atoms with Crippen molar-refractivity contribution in [2.24, 2.45) is 5.41 Å². The number of carbonyl (C=O) groups excluding carboxylic acids is 3. The van der Waals surface area contributed by atoms with E-state index in [4.69, 9.17) is 14.2 Å². The summed E-state index contributed by atoms with van der Waals surface area (Å²) in [7, 11) is 0. The molecule has 0 amide bonds. The van der Waals surface area contributed by atoms with Gasteiger partial charge in [0.25, 0.3) is 0 Å². The third-order valence-corrected chi connectivity index (χ3v) is 13.5. The minimum atomic E-state index is -0.597. The summed E-state index contributed by atoms with van der Waals surface area (Å²) >= 11 is 0. The summed E-state index contributed by atoms with van der Waals surface area (Å²) in [5.74, 6) is -1.38. The zero-order valence-electron chi connectivity index (χ0n) is 41.4. The normalized spacial score (nSPS) is 14.9. The molecule has 2 unspecified atom stereocenters. The van der Waals surface area contributed by atoms with Crippen LogP contribution in [-0.4, -0.2) is 43.3 Å². The van der Waals surface area contributed by atoms with Crippen LogP contribution >= 0.6 is 0 Å². The fourth-order valence-electron chi connectivity index (χ4n) is 9.55. The van der Waals surface area contributed by atoms with Crippen molar-refractivity contribution in [3.05, 3.63) is 159 Å². The van der Waals surface area contributed by atoms with Gasteiger partial charge in [-0.15, -0.1) is 0 Å². The van der Waals surface area contributed by atoms with Crippen LogP contribution in [0.3, 0.4) is 0 Å². The first-order valence-electron chi connectivity index (χ1n) is 24.3. The van der Waals surface area contributed by atoms with Gasteiger partial charge in [0.15, 0.2) is 0 Å². The van der Waals surface area contributed by atoms with Crippen molar-refractivity contribution in [3.63, 3.8) is 0 Å². The first kappa shape index (κ1) is 49.3. The molecule has 1 fully saturated rings. The molecule has 356 valence electrons. The second-order valence-corrected chi connectivity index (χ2v) is 19.4. The molecule has 68 heavy (non-hydrogen) atoms. The Hall–Kier alpha value is -6.61. The molecule has 1 saturated carbocycles. The van der Waals surface area contributed by atoms with E-state index >= 15 is 0 Å². The standard InChI is InChI=1S/C59H69N3O6/c1-10-59(8,9)58(65)67-32-31-66-53(63)29-30-54(64)68-52-18-14-13-17-51(52)62-50-28-27-49(47-15-11-12-16-48(47)50)55(43-19-23-45(24-20-43)60-56-39(4)33-37(2)34-40(56)5)44-21-25-46(26-22-44)61-57-41(6)35-38(3)36-42(57)7/h11-12,15-16,19-28,33-36,51-52,55,60-62H,10,13-14,17-18,29-32H2,1-9H3. The van der Waals surface area contributed by atoms with Gasteiger partial charge in [0.05, 0.1) is 24.3 Å². The SMILES string of the molecule is CCC(C)(C)C(=O)OCCOC(=O)CCC(=O)OC1CCCCC1Nc1ccc(C(c2ccc(Nc3c(C)cc(C)cc3C)cc2)c2ccc(Nc3c(C)cc(C)cc3C)cc2)c2ccccc12. The van der Waals surface area contributed by atoms with E-state index in [1.807, 2.05) is 20.8 Å². The van der Waals surface area contributed by atoms with Gasteiger partial charge in [-0.25, -0.2) is 0 Å². The van der Waals surface area contributed by atoms with Gasteiger partial charge in [0.2, 0.25) is 0 Å². The Morgan fingerprint density at radius 2 is 1.12 bits per heavy atom. The van der Waals surface area contributed by atoms with E-state index in [1.54, 1.807) is 0 Å². The van der Waals surface area contributed by atoms with E-state index in [9.17, 15) is 14.4 Å². The van der Waals surface area contributed by atoms with Crippen LogP contribution in [0.5, 0.6) is 0 Å². The topological polar surface area (TPSA) is 115 Å². The molecule has 3 N–H and O–H groups in total. The molecule has 2 atom stereocenters. The van der Waals surface area contributed by atoms with Crippen molar-refractivity contribution >= 4 is 57.1 Å². The Balaban J connectivity index is 1.11. The largest absolute Gasteiger partial charge is 0.462 e. The Kier molecular flexibility index (Phi) is 16.0. The van der Waals surface area contributed by atoms with E-state index in [2.05, 4.69) is 167 Å². The lowest BCUT2D eigenvalue weighted by Crippen LogP contribution is -2.39. The maximum absolute atomic E-state index is 13.2. The molecule has 1 aliphatic rings. The Bertz CT molecular complexity index is 2590. The lowest BCUT2D eigenvalue weighted by atomic mass is 9.82. The molecule has 0 heterocycles. The molecule has 6 aromatic rings. The molecular weight excluding hydrogens is 847 g/mol. The molecule has 0 spiro atoms. The third-order valence-electron chi connectivity index (χ3n) is 13.5. The molecule has 0 radical (unpaired) electrons. The van der Waals surface area contributed by atoms with Crippen LogP contribution in [0.1, 0.15) is 122 Å². The molecule has 6 aromatic carbocycles. The second kappa shape index (κ2) is 22.0. The summed E-state index contributed by atoms with van der Waals surface area (Å²) in [6, 6.07) is 39.4. The first-order valence-corrected chi connectivity index (χ1v) is 24.3. The number of benzene rings is 6. The van der Waals surface area contributed by atoms with Crippen LogP contribution in [0.2, 0.25) is 0 Å². The van der Waals surface area contributed by atoms with Crippen LogP contribution < -0.4 is 16.0 Å². The van der Waals surface area contributed by atoms with Crippen molar-refractivity contribution in [2.45, 2.75) is 125 Å². The molecule has 1 aliphatic carbocycles. The maximum Gasteiger partial charge on any atom is 0.311 e. The van der Waals surface area contributed by atoms with Gasteiger partial charge < -0.3 is 30.2 Å². The highest BCUT2D eigenvalue weighted by Crippen LogP contribution is 2.41. The second-order valence-electron chi connectivity index (χ2n) is 19.4. The van der Waals surface area contributed by atoms with Gasteiger partial charge in [-0.2, -0.15) is 0 Å². The van der Waals surface area contributed by atoms with Gasteiger partial charge in [0, 0.05) is 39.7 Å². The predicted octanol–water partition coefficient (Wildman–Crippen LogP) is 13.9. The molecule has 0 bridgehead atoms. The maximum atomic E-state index is 13.2. The van der Waals surface area contributed by atoms with Crippen LogP contribution in [0.25, 0.3) is 10.8 Å². The minimum absolute atomic E-state index is 0.0250. The lowest BCUT2D eigenvalue weighted by molar-refractivity contribution is -0.160. The number of esters is 3. The van der Waals surface area contributed by atoms with Crippen LogP contribution in [0.15, 0.2) is 109 Å². The first-order chi connectivity index (χ1) is 32.6. The average molecular weight is 916 g/mol. The fraction of sp³-hybridized carbons (Fsp3) is 0.373. The zero-order valence-corrected chi connectivity index (χ0v) is 41.4. The van der Waals surface area contributed by atoms with E-state index in [-0.39, 0.29) is 50.1 Å². The third kappa shape index (κ3) is 12.1. The summed E-state index contributed by atoms with van der Waals surface area (Å²) in [4.78, 5) is 37.8. The van der Waals surface area contributed by atoms with Gasteiger partial charge in [-0.1, -0.05) is 103 Å². The van der Waals surface area contributed by atoms with Crippen LogP contribution in [-0.2, 0) is 28.6 Å². The number of hydrogen-bond donors (Lipinski definition) is 3. The predicted molar refractivity (Wildman–Crippen MR) is 277 cm³/mol. The van der Waals surface area contributed by atoms with Crippen LogP contribution in [0.4, 0.5) is 28.4 Å².